The van der Waals surface area contributed by atoms with Gasteiger partial charge in [-0.1, -0.05) is 0 Å². The lowest BCUT2D eigenvalue weighted by molar-refractivity contribution is 0.0697. The fraction of sp³-hybridized carbons (Fsp3) is 0.118. The van der Waals surface area contributed by atoms with Gasteiger partial charge in [0.1, 0.15) is 17.3 Å². The molecule has 0 aliphatic heterocycles. The molecule has 0 saturated carbocycles. The summed E-state index contributed by atoms with van der Waals surface area (Å²) in [7, 11) is -2.41. The fourth-order valence-electron chi connectivity index (χ4n) is 2.31. The van der Waals surface area contributed by atoms with Gasteiger partial charge < -0.3 is 14.3 Å². The Labute approximate surface area is 153 Å². The second kappa shape index (κ2) is 7.06. The van der Waals surface area contributed by atoms with Crippen LogP contribution in [0.25, 0.3) is 11.1 Å². The Hall–Kier alpha value is -3.42. The van der Waals surface area contributed by atoms with Crippen molar-refractivity contribution in [3.63, 3.8) is 0 Å². The summed E-state index contributed by atoms with van der Waals surface area (Å²) in [5.41, 5.74) is 0.869. The number of rotatable bonds is 6. The SMILES string of the molecule is CNS(=O)(=O)c1ccc(OCc2nc3ccc(C(=O)O)cc3o2)c(C#N)c1. The van der Waals surface area contributed by atoms with Crippen LogP contribution in [0.2, 0.25) is 0 Å². The number of carbonyl (C=O) groups is 1. The third-order valence-corrected chi connectivity index (χ3v) is 5.09. The smallest absolute Gasteiger partial charge is 0.335 e. The first-order valence-corrected chi connectivity index (χ1v) is 9.05. The quantitative estimate of drug-likeness (QED) is 0.653. The van der Waals surface area contributed by atoms with Crippen molar-refractivity contribution in [2.24, 2.45) is 0 Å². The molecule has 0 spiro atoms. The number of carboxylic acids is 1. The number of carboxylic acid groups (broad SMARTS) is 1. The molecule has 27 heavy (non-hydrogen) atoms. The Balaban J connectivity index is 1.83. The van der Waals surface area contributed by atoms with Crippen LogP contribution in [0.1, 0.15) is 21.8 Å². The third kappa shape index (κ3) is 3.74. The van der Waals surface area contributed by atoms with Crippen LogP contribution in [0.3, 0.4) is 0 Å². The highest BCUT2D eigenvalue weighted by atomic mass is 32.2. The average Bonchev–Trinajstić information content (AvgIpc) is 3.08. The van der Waals surface area contributed by atoms with Crippen molar-refractivity contribution in [1.29, 1.82) is 5.26 Å². The zero-order valence-corrected chi connectivity index (χ0v) is 14.8. The van der Waals surface area contributed by atoms with Gasteiger partial charge in [0.05, 0.1) is 16.0 Å². The van der Waals surface area contributed by atoms with Crippen molar-refractivity contribution >= 4 is 27.1 Å². The number of aromatic carboxylic acids is 1. The third-order valence-electron chi connectivity index (χ3n) is 3.68. The molecule has 1 heterocycles. The maximum atomic E-state index is 11.8. The van der Waals surface area contributed by atoms with E-state index in [1.807, 2.05) is 6.07 Å². The largest absolute Gasteiger partial charge is 0.482 e. The number of ether oxygens (including phenoxy) is 1. The van der Waals surface area contributed by atoms with E-state index in [0.717, 1.165) is 0 Å². The van der Waals surface area contributed by atoms with Crippen LogP contribution in [0.15, 0.2) is 45.7 Å². The van der Waals surface area contributed by atoms with Crippen LogP contribution in [0.5, 0.6) is 5.75 Å². The van der Waals surface area contributed by atoms with Crippen molar-refractivity contribution < 1.29 is 27.5 Å². The molecule has 138 valence electrons. The average molecular weight is 387 g/mol. The second-order valence-electron chi connectivity index (χ2n) is 5.36. The number of hydrogen-bond donors (Lipinski definition) is 2. The van der Waals surface area contributed by atoms with E-state index in [1.54, 1.807) is 0 Å². The van der Waals surface area contributed by atoms with Gasteiger partial charge in [-0.15, -0.1) is 0 Å². The lowest BCUT2D eigenvalue weighted by Gasteiger charge is -2.08. The van der Waals surface area contributed by atoms with Crippen LogP contribution in [0.4, 0.5) is 0 Å². The zero-order chi connectivity index (χ0) is 19.6. The molecule has 3 rings (SSSR count). The monoisotopic (exact) mass is 387 g/mol. The first-order chi connectivity index (χ1) is 12.8. The summed E-state index contributed by atoms with van der Waals surface area (Å²) in [4.78, 5) is 15.1. The standard InChI is InChI=1S/C17H13N3O6S/c1-19-27(23,24)12-3-5-14(11(6-12)8-18)25-9-16-20-13-4-2-10(17(21)22)7-15(13)26-16/h2-7,19H,9H2,1H3,(H,21,22). The van der Waals surface area contributed by atoms with Crippen molar-refractivity contribution in [2.45, 2.75) is 11.5 Å². The number of nitrogens with zero attached hydrogens (tertiary/aromatic N) is 2. The minimum atomic E-state index is -3.68. The van der Waals surface area contributed by atoms with E-state index in [4.69, 9.17) is 14.3 Å². The van der Waals surface area contributed by atoms with Gasteiger partial charge in [-0.2, -0.15) is 5.26 Å². The lowest BCUT2D eigenvalue weighted by atomic mass is 10.2. The van der Waals surface area contributed by atoms with Crippen molar-refractivity contribution in [1.82, 2.24) is 9.71 Å². The summed E-state index contributed by atoms with van der Waals surface area (Å²) < 4.78 is 36.8. The van der Waals surface area contributed by atoms with Gasteiger partial charge in [-0.3, -0.25) is 0 Å². The first-order valence-electron chi connectivity index (χ1n) is 7.57. The molecule has 0 bridgehead atoms. The minimum Gasteiger partial charge on any atom is -0.482 e. The Morgan fingerprint density at radius 3 is 2.78 bits per heavy atom. The highest BCUT2D eigenvalue weighted by Gasteiger charge is 2.16. The number of sulfonamides is 1. The number of aromatic nitrogens is 1. The van der Waals surface area contributed by atoms with Crippen LogP contribution >= 0.6 is 0 Å². The summed E-state index contributed by atoms with van der Waals surface area (Å²) in [5, 5.41) is 18.2. The van der Waals surface area contributed by atoms with E-state index in [0.29, 0.717) is 11.1 Å². The van der Waals surface area contributed by atoms with Gasteiger partial charge >= 0.3 is 5.97 Å². The van der Waals surface area contributed by atoms with E-state index < -0.39 is 16.0 Å². The molecular formula is C17H13N3O6S. The molecule has 0 unspecified atom stereocenters. The second-order valence-corrected chi connectivity index (χ2v) is 7.25. The topological polar surface area (TPSA) is 143 Å². The highest BCUT2D eigenvalue weighted by molar-refractivity contribution is 7.89. The fourth-order valence-corrected chi connectivity index (χ4v) is 3.07. The summed E-state index contributed by atoms with van der Waals surface area (Å²) in [6, 6.07) is 10.0. The molecular weight excluding hydrogens is 374 g/mol. The lowest BCUT2D eigenvalue weighted by Crippen LogP contribution is -2.18. The molecule has 1 aromatic heterocycles. The summed E-state index contributed by atoms with van der Waals surface area (Å²) >= 11 is 0. The molecule has 2 aromatic carbocycles. The number of oxazole rings is 1. The molecule has 3 aromatic rings. The van der Waals surface area contributed by atoms with E-state index >= 15 is 0 Å². The van der Waals surface area contributed by atoms with Gasteiger partial charge in [-0.25, -0.2) is 22.9 Å². The van der Waals surface area contributed by atoms with Gasteiger partial charge in [0.2, 0.25) is 15.9 Å². The minimum absolute atomic E-state index is 0.0376. The number of nitriles is 1. The molecule has 0 aliphatic carbocycles. The molecule has 0 radical (unpaired) electrons. The number of benzene rings is 2. The maximum Gasteiger partial charge on any atom is 0.335 e. The van der Waals surface area contributed by atoms with Crippen LogP contribution in [-0.2, 0) is 16.6 Å². The number of nitrogens with one attached hydrogen (secondary N) is 1. The highest BCUT2D eigenvalue weighted by Crippen LogP contribution is 2.24. The van der Waals surface area contributed by atoms with E-state index in [2.05, 4.69) is 9.71 Å². The molecule has 2 N–H and O–H groups in total. The van der Waals surface area contributed by atoms with Gasteiger partial charge in [0.25, 0.3) is 0 Å². The Morgan fingerprint density at radius 2 is 2.11 bits per heavy atom. The van der Waals surface area contributed by atoms with E-state index in [-0.39, 0.29) is 34.3 Å². The normalized spacial score (nSPS) is 11.3. The zero-order valence-electron chi connectivity index (χ0n) is 14.0. The maximum absolute atomic E-state index is 11.8. The number of fused-ring (bicyclic) bond motifs is 1. The molecule has 9 nitrogen and oxygen atoms in total. The number of hydrogen-bond acceptors (Lipinski definition) is 7. The Kier molecular flexibility index (Phi) is 4.81. The van der Waals surface area contributed by atoms with Gasteiger partial charge in [0.15, 0.2) is 12.2 Å². The molecule has 0 saturated heterocycles. The van der Waals surface area contributed by atoms with E-state index in [9.17, 15) is 18.5 Å². The van der Waals surface area contributed by atoms with Crippen LogP contribution in [0, 0.1) is 11.3 Å². The molecule has 0 atom stereocenters. The van der Waals surface area contributed by atoms with Crippen molar-refractivity contribution in [3.8, 4) is 11.8 Å². The summed E-state index contributed by atoms with van der Waals surface area (Å²) in [6.07, 6.45) is 0. The Morgan fingerprint density at radius 1 is 1.33 bits per heavy atom. The molecule has 0 amide bonds. The molecule has 0 fully saturated rings. The molecule has 0 aliphatic rings. The predicted molar refractivity (Wildman–Crippen MR) is 92.7 cm³/mol. The van der Waals surface area contributed by atoms with Crippen LogP contribution < -0.4 is 9.46 Å². The van der Waals surface area contributed by atoms with Crippen molar-refractivity contribution in [2.75, 3.05) is 7.05 Å². The predicted octanol–water partition coefficient (Wildman–Crippen LogP) is 1.88. The van der Waals surface area contributed by atoms with Gasteiger partial charge in [0, 0.05) is 0 Å². The summed E-state index contributed by atoms with van der Waals surface area (Å²) in [5.74, 6) is -0.731. The summed E-state index contributed by atoms with van der Waals surface area (Å²) in [6.45, 7) is -0.121. The molecule has 10 heteroatoms. The van der Waals surface area contributed by atoms with E-state index in [1.165, 1.54) is 43.4 Å². The van der Waals surface area contributed by atoms with Crippen molar-refractivity contribution in [3.05, 3.63) is 53.4 Å². The van der Waals surface area contributed by atoms with Gasteiger partial charge in [-0.05, 0) is 43.4 Å². The first kappa shape index (κ1) is 18.4. The van der Waals surface area contributed by atoms with Crippen LogP contribution in [-0.4, -0.2) is 31.5 Å². The Bertz CT molecular complexity index is 1180.